The Morgan fingerprint density at radius 1 is 1.44 bits per heavy atom. The summed E-state index contributed by atoms with van der Waals surface area (Å²) in [6.07, 6.45) is 3.19. The molecule has 4 nitrogen and oxygen atoms in total. The predicted molar refractivity (Wildman–Crippen MR) is 64.5 cm³/mol. The van der Waals surface area contributed by atoms with Gasteiger partial charge in [0.05, 0.1) is 5.69 Å². The van der Waals surface area contributed by atoms with Gasteiger partial charge in [-0.15, -0.1) is 0 Å². The molecule has 0 bridgehead atoms. The zero-order valence-corrected chi connectivity index (χ0v) is 10.2. The van der Waals surface area contributed by atoms with E-state index in [-0.39, 0.29) is 0 Å². The number of hydrogen-bond acceptors (Lipinski definition) is 3. The zero-order valence-electron chi connectivity index (χ0n) is 10.2. The van der Waals surface area contributed by atoms with Crippen LogP contribution in [0.3, 0.4) is 0 Å². The van der Waals surface area contributed by atoms with E-state index in [2.05, 4.69) is 16.5 Å². The Labute approximate surface area is 96.8 Å². The average molecular weight is 223 g/mol. The van der Waals surface area contributed by atoms with Gasteiger partial charge in [0.15, 0.2) is 0 Å². The Bertz CT molecular complexity index is 353. The molecule has 0 aliphatic carbocycles. The third-order valence-corrected chi connectivity index (χ3v) is 3.28. The summed E-state index contributed by atoms with van der Waals surface area (Å²) in [5.74, 6) is 2.40. The molecule has 1 aromatic rings. The molecule has 1 aliphatic rings. The molecule has 1 fully saturated rings. The van der Waals surface area contributed by atoms with Crippen molar-refractivity contribution in [3.05, 3.63) is 11.5 Å². The fraction of sp³-hybridized carbons (Fsp3) is 0.750. The molecule has 90 valence electrons. The Morgan fingerprint density at radius 3 is 2.75 bits per heavy atom. The van der Waals surface area contributed by atoms with E-state index in [0.29, 0.717) is 5.92 Å². The number of aryl methyl sites for hydroxylation is 1. The molecule has 0 spiro atoms. The minimum atomic E-state index is 0.491. The normalized spacial score (nSPS) is 17.9. The Morgan fingerprint density at radius 2 is 2.12 bits per heavy atom. The molecular weight excluding hydrogens is 202 g/mol. The molecule has 0 saturated carbocycles. The SMILES string of the molecule is CCCn1c(C)nc(C2CCOCC2)c1N. The van der Waals surface area contributed by atoms with E-state index in [0.717, 1.165) is 56.4 Å². The van der Waals surface area contributed by atoms with Gasteiger partial charge in [-0.2, -0.15) is 0 Å². The summed E-state index contributed by atoms with van der Waals surface area (Å²) >= 11 is 0. The lowest BCUT2D eigenvalue weighted by atomic mass is 9.96. The van der Waals surface area contributed by atoms with E-state index in [1.165, 1.54) is 0 Å². The van der Waals surface area contributed by atoms with Crippen molar-refractivity contribution in [3.63, 3.8) is 0 Å². The molecule has 0 radical (unpaired) electrons. The topological polar surface area (TPSA) is 53.1 Å². The number of nitrogen functional groups attached to an aromatic ring is 1. The second kappa shape index (κ2) is 4.87. The number of hydrogen-bond donors (Lipinski definition) is 1. The van der Waals surface area contributed by atoms with Gasteiger partial charge >= 0.3 is 0 Å². The van der Waals surface area contributed by atoms with Gasteiger partial charge in [0, 0.05) is 25.7 Å². The smallest absolute Gasteiger partial charge is 0.127 e. The van der Waals surface area contributed by atoms with Crippen LogP contribution in [-0.4, -0.2) is 22.8 Å². The van der Waals surface area contributed by atoms with Crippen LogP contribution in [0.5, 0.6) is 0 Å². The fourth-order valence-electron chi connectivity index (χ4n) is 2.38. The van der Waals surface area contributed by atoms with Crippen molar-refractivity contribution >= 4 is 5.82 Å². The summed E-state index contributed by atoms with van der Waals surface area (Å²) in [7, 11) is 0. The maximum absolute atomic E-state index is 6.18. The number of rotatable bonds is 3. The second-order valence-electron chi connectivity index (χ2n) is 4.47. The summed E-state index contributed by atoms with van der Waals surface area (Å²) < 4.78 is 7.50. The molecule has 2 heterocycles. The molecule has 16 heavy (non-hydrogen) atoms. The first kappa shape index (κ1) is 11.5. The molecular formula is C12H21N3O. The van der Waals surface area contributed by atoms with Crippen molar-refractivity contribution in [3.8, 4) is 0 Å². The van der Waals surface area contributed by atoms with Gasteiger partial charge in [0.1, 0.15) is 11.6 Å². The standard InChI is InChI=1S/C12H21N3O/c1-3-6-15-9(2)14-11(12(15)13)10-4-7-16-8-5-10/h10H,3-8,13H2,1-2H3. The van der Waals surface area contributed by atoms with E-state index < -0.39 is 0 Å². The predicted octanol–water partition coefficient (Wildman–Crippen LogP) is 2.08. The quantitative estimate of drug-likeness (QED) is 0.853. The van der Waals surface area contributed by atoms with E-state index in [4.69, 9.17) is 10.5 Å². The molecule has 1 saturated heterocycles. The number of imidazole rings is 1. The number of anilines is 1. The van der Waals surface area contributed by atoms with Crippen LogP contribution in [0.1, 0.15) is 43.6 Å². The zero-order chi connectivity index (χ0) is 11.5. The first-order chi connectivity index (χ1) is 7.74. The molecule has 0 atom stereocenters. The summed E-state index contributed by atoms with van der Waals surface area (Å²) in [6.45, 7) is 6.84. The van der Waals surface area contributed by atoms with Crippen molar-refractivity contribution in [1.29, 1.82) is 0 Å². The van der Waals surface area contributed by atoms with Crippen LogP contribution < -0.4 is 5.73 Å². The van der Waals surface area contributed by atoms with Gasteiger partial charge in [-0.25, -0.2) is 4.98 Å². The van der Waals surface area contributed by atoms with Crippen molar-refractivity contribution in [1.82, 2.24) is 9.55 Å². The molecule has 1 aliphatic heterocycles. The number of nitrogens with zero attached hydrogens (tertiary/aromatic N) is 2. The van der Waals surface area contributed by atoms with Gasteiger partial charge in [-0.1, -0.05) is 6.92 Å². The lowest BCUT2D eigenvalue weighted by Crippen LogP contribution is -2.16. The van der Waals surface area contributed by atoms with Crippen molar-refractivity contribution < 1.29 is 4.74 Å². The van der Waals surface area contributed by atoms with Gasteiger partial charge in [0.25, 0.3) is 0 Å². The van der Waals surface area contributed by atoms with Crippen molar-refractivity contribution in [2.24, 2.45) is 0 Å². The molecule has 1 aromatic heterocycles. The van der Waals surface area contributed by atoms with Crippen LogP contribution in [0.4, 0.5) is 5.82 Å². The van der Waals surface area contributed by atoms with Crippen LogP contribution >= 0.6 is 0 Å². The summed E-state index contributed by atoms with van der Waals surface area (Å²) in [5, 5.41) is 0. The first-order valence-corrected chi connectivity index (χ1v) is 6.14. The molecule has 4 heteroatoms. The van der Waals surface area contributed by atoms with Gasteiger partial charge in [-0.3, -0.25) is 0 Å². The maximum Gasteiger partial charge on any atom is 0.127 e. The van der Waals surface area contributed by atoms with E-state index in [1.807, 2.05) is 6.92 Å². The first-order valence-electron chi connectivity index (χ1n) is 6.14. The number of aromatic nitrogens is 2. The van der Waals surface area contributed by atoms with Gasteiger partial charge in [-0.05, 0) is 26.2 Å². The lowest BCUT2D eigenvalue weighted by Gasteiger charge is -2.20. The number of nitrogens with two attached hydrogens (primary N) is 1. The largest absolute Gasteiger partial charge is 0.384 e. The van der Waals surface area contributed by atoms with Crippen LogP contribution in [0.2, 0.25) is 0 Å². The van der Waals surface area contributed by atoms with Crippen molar-refractivity contribution in [2.45, 2.75) is 45.6 Å². The van der Waals surface area contributed by atoms with E-state index >= 15 is 0 Å². The van der Waals surface area contributed by atoms with Gasteiger partial charge < -0.3 is 15.0 Å². The monoisotopic (exact) mass is 223 g/mol. The highest BCUT2D eigenvalue weighted by molar-refractivity contribution is 5.40. The van der Waals surface area contributed by atoms with E-state index in [9.17, 15) is 0 Å². The molecule has 2 rings (SSSR count). The van der Waals surface area contributed by atoms with Crippen molar-refractivity contribution in [2.75, 3.05) is 18.9 Å². The van der Waals surface area contributed by atoms with Crippen LogP contribution in [0.15, 0.2) is 0 Å². The highest BCUT2D eigenvalue weighted by atomic mass is 16.5. The summed E-state index contributed by atoms with van der Waals surface area (Å²) in [4.78, 5) is 4.63. The minimum absolute atomic E-state index is 0.491. The Kier molecular flexibility index (Phi) is 3.49. The second-order valence-corrected chi connectivity index (χ2v) is 4.47. The molecule has 0 aromatic carbocycles. The van der Waals surface area contributed by atoms with Crippen LogP contribution in [0.25, 0.3) is 0 Å². The highest BCUT2D eigenvalue weighted by Gasteiger charge is 2.22. The highest BCUT2D eigenvalue weighted by Crippen LogP contribution is 2.30. The van der Waals surface area contributed by atoms with Gasteiger partial charge in [0.2, 0.25) is 0 Å². The summed E-state index contributed by atoms with van der Waals surface area (Å²) in [5.41, 5.74) is 7.27. The average Bonchev–Trinajstić information content (AvgIpc) is 2.59. The maximum atomic E-state index is 6.18. The summed E-state index contributed by atoms with van der Waals surface area (Å²) in [6, 6.07) is 0. The Hall–Kier alpha value is -1.03. The third kappa shape index (κ3) is 2.07. The Balaban J connectivity index is 2.23. The molecule has 0 unspecified atom stereocenters. The molecule has 0 amide bonds. The van der Waals surface area contributed by atoms with E-state index in [1.54, 1.807) is 0 Å². The third-order valence-electron chi connectivity index (χ3n) is 3.28. The lowest BCUT2D eigenvalue weighted by molar-refractivity contribution is 0.0847. The minimum Gasteiger partial charge on any atom is -0.384 e. The number of ether oxygens (including phenoxy) is 1. The van der Waals surface area contributed by atoms with Crippen LogP contribution in [-0.2, 0) is 11.3 Å². The fourth-order valence-corrected chi connectivity index (χ4v) is 2.38. The molecule has 2 N–H and O–H groups in total. The van der Waals surface area contributed by atoms with Crippen LogP contribution in [0, 0.1) is 6.92 Å².